The minimum Gasteiger partial charge on any atom is -0.461 e. The summed E-state index contributed by atoms with van der Waals surface area (Å²) < 4.78 is 20.9. The van der Waals surface area contributed by atoms with Crippen LogP contribution in [-0.2, 0) is 22.7 Å². The van der Waals surface area contributed by atoms with Gasteiger partial charge in [-0.05, 0) is 25.0 Å². The van der Waals surface area contributed by atoms with Crippen LogP contribution in [0, 0.1) is 0 Å². The van der Waals surface area contributed by atoms with Crippen LogP contribution < -0.4 is 0 Å². The molecule has 0 aromatic carbocycles. The van der Waals surface area contributed by atoms with Crippen molar-refractivity contribution < 1.29 is 23.2 Å². The average molecular weight is 320 g/mol. The zero-order valence-corrected chi connectivity index (χ0v) is 13.3. The summed E-state index contributed by atoms with van der Waals surface area (Å²) in [7, 11) is 3.18. The molecule has 1 amide bonds. The van der Waals surface area contributed by atoms with Crippen molar-refractivity contribution in [3.8, 4) is 0 Å². The standard InChI is InChI=1S/C16H20N2O5/c1-20-8-11-5-6-15(23-11)14-4-3-7-18(14)16(19)12-9-22-17-13(12)10-21-2/h5-6,9,14H,3-4,7-8,10H2,1-2H3/t14-/m0/s1. The number of nitrogens with zero attached hydrogens (tertiary/aromatic N) is 2. The van der Waals surface area contributed by atoms with Gasteiger partial charge in [0.2, 0.25) is 0 Å². The number of carbonyl (C=O) groups is 1. The van der Waals surface area contributed by atoms with E-state index in [1.807, 2.05) is 12.1 Å². The van der Waals surface area contributed by atoms with Gasteiger partial charge in [-0.15, -0.1) is 0 Å². The zero-order chi connectivity index (χ0) is 16.2. The topological polar surface area (TPSA) is 77.9 Å². The number of carbonyl (C=O) groups excluding carboxylic acids is 1. The summed E-state index contributed by atoms with van der Waals surface area (Å²) in [5, 5.41) is 3.84. The number of ether oxygens (including phenoxy) is 2. The molecule has 3 heterocycles. The van der Waals surface area contributed by atoms with Crippen LogP contribution in [0.25, 0.3) is 0 Å². The first-order chi connectivity index (χ1) is 11.2. The van der Waals surface area contributed by atoms with E-state index in [1.54, 1.807) is 19.1 Å². The third kappa shape index (κ3) is 3.16. The number of likely N-dealkylation sites (tertiary alicyclic amines) is 1. The molecule has 1 aliphatic heterocycles. The zero-order valence-electron chi connectivity index (χ0n) is 13.3. The van der Waals surface area contributed by atoms with Crippen molar-refractivity contribution in [2.45, 2.75) is 32.1 Å². The van der Waals surface area contributed by atoms with Crippen LogP contribution in [0.3, 0.4) is 0 Å². The van der Waals surface area contributed by atoms with Gasteiger partial charge in [0.25, 0.3) is 5.91 Å². The fraction of sp³-hybridized carbons (Fsp3) is 0.500. The first kappa shape index (κ1) is 15.8. The molecule has 7 heteroatoms. The smallest absolute Gasteiger partial charge is 0.259 e. The van der Waals surface area contributed by atoms with E-state index in [4.69, 9.17) is 18.4 Å². The van der Waals surface area contributed by atoms with Gasteiger partial charge in [-0.2, -0.15) is 0 Å². The number of aromatic nitrogens is 1. The van der Waals surface area contributed by atoms with Crippen molar-refractivity contribution >= 4 is 5.91 Å². The Kier molecular flexibility index (Phi) is 4.78. The van der Waals surface area contributed by atoms with E-state index in [0.717, 1.165) is 24.4 Å². The lowest BCUT2D eigenvalue weighted by Crippen LogP contribution is -2.30. The molecule has 2 aromatic rings. The number of amides is 1. The van der Waals surface area contributed by atoms with Crippen LogP contribution in [0.1, 0.15) is 46.5 Å². The average Bonchev–Trinajstić information content (AvgIpc) is 3.27. The van der Waals surface area contributed by atoms with E-state index in [1.165, 1.54) is 6.26 Å². The van der Waals surface area contributed by atoms with E-state index in [0.29, 0.717) is 24.4 Å². The molecule has 7 nitrogen and oxygen atoms in total. The molecule has 0 aliphatic carbocycles. The first-order valence-corrected chi connectivity index (χ1v) is 7.55. The number of methoxy groups -OCH3 is 2. The van der Waals surface area contributed by atoms with E-state index in [9.17, 15) is 4.79 Å². The second kappa shape index (κ2) is 6.97. The molecule has 2 aromatic heterocycles. The van der Waals surface area contributed by atoms with E-state index < -0.39 is 0 Å². The van der Waals surface area contributed by atoms with Crippen molar-refractivity contribution in [3.63, 3.8) is 0 Å². The summed E-state index contributed by atoms with van der Waals surface area (Å²) in [5.74, 6) is 1.44. The minimum absolute atomic E-state index is 0.0709. The van der Waals surface area contributed by atoms with Gasteiger partial charge in [0.15, 0.2) is 0 Å². The lowest BCUT2D eigenvalue weighted by Gasteiger charge is -2.22. The summed E-state index contributed by atoms with van der Waals surface area (Å²) in [5.41, 5.74) is 0.963. The van der Waals surface area contributed by atoms with Gasteiger partial charge in [-0.25, -0.2) is 0 Å². The highest BCUT2D eigenvalue weighted by molar-refractivity contribution is 5.95. The van der Waals surface area contributed by atoms with Gasteiger partial charge in [0, 0.05) is 20.8 Å². The van der Waals surface area contributed by atoms with E-state index >= 15 is 0 Å². The lowest BCUT2D eigenvalue weighted by molar-refractivity contribution is 0.0710. The molecular weight excluding hydrogens is 300 g/mol. The molecular formula is C16H20N2O5. The molecule has 1 saturated heterocycles. The summed E-state index contributed by atoms with van der Waals surface area (Å²) in [6, 6.07) is 3.72. The van der Waals surface area contributed by atoms with E-state index in [-0.39, 0.29) is 18.6 Å². The van der Waals surface area contributed by atoms with Crippen molar-refractivity contribution in [1.82, 2.24) is 10.1 Å². The Bertz CT molecular complexity index is 663. The number of hydrogen-bond donors (Lipinski definition) is 0. The van der Waals surface area contributed by atoms with Crippen LogP contribution in [0.15, 0.2) is 27.3 Å². The van der Waals surface area contributed by atoms with Gasteiger partial charge < -0.3 is 23.3 Å². The molecule has 1 aliphatic rings. The molecule has 0 N–H and O–H groups in total. The Morgan fingerprint density at radius 3 is 2.96 bits per heavy atom. The maximum atomic E-state index is 12.8. The van der Waals surface area contributed by atoms with Crippen LogP contribution >= 0.6 is 0 Å². The highest BCUT2D eigenvalue weighted by Crippen LogP contribution is 2.34. The third-order valence-electron chi connectivity index (χ3n) is 3.97. The minimum atomic E-state index is -0.106. The van der Waals surface area contributed by atoms with Gasteiger partial charge in [0.1, 0.15) is 35.6 Å². The van der Waals surface area contributed by atoms with Crippen LogP contribution in [0.5, 0.6) is 0 Å². The van der Waals surface area contributed by atoms with Gasteiger partial charge in [-0.3, -0.25) is 4.79 Å². The maximum Gasteiger partial charge on any atom is 0.259 e. The molecule has 0 radical (unpaired) electrons. The predicted molar refractivity (Wildman–Crippen MR) is 79.6 cm³/mol. The summed E-state index contributed by atoms with van der Waals surface area (Å²) in [6.07, 6.45) is 3.18. The highest BCUT2D eigenvalue weighted by atomic mass is 16.5. The first-order valence-electron chi connectivity index (χ1n) is 7.55. The Labute approximate surface area is 134 Å². The van der Waals surface area contributed by atoms with Crippen molar-refractivity contribution in [3.05, 3.63) is 41.2 Å². The molecule has 3 rings (SSSR count). The molecule has 1 fully saturated rings. The third-order valence-corrected chi connectivity index (χ3v) is 3.97. The predicted octanol–water partition coefficient (Wildman–Crippen LogP) is 2.54. The molecule has 1 atom stereocenters. The molecule has 23 heavy (non-hydrogen) atoms. The molecule has 0 saturated carbocycles. The normalized spacial score (nSPS) is 17.8. The Morgan fingerprint density at radius 2 is 2.17 bits per heavy atom. The van der Waals surface area contributed by atoms with Gasteiger partial charge >= 0.3 is 0 Å². The Balaban J connectivity index is 1.80. The molecule has 0 bridgehead atoms. The summed E-state index contributed by atoms with van der Waals surface area (Å²) in [6.45, 7) is 1.35. The second-order valence-corrected chi connectivity index (χ2v) is 5.50. The highest BCUT2D eigenvalue weighted by Gasteiger charge is 2.34. The fourth-order valence-electron chi connectivity index (χ4n) is 2.93. The largest absolute Gasteiger partial charge is 0.461 e. The van der Waals surface area contributed by atoms with Crippen LogP contribution in [0.4, 0.5) is 0 Å². The van der Waals surface area contributed by atoms with Crippen LogP contribution in [-0.4, -0.2) is 36.7 Å². The van der Waals surface area contributed by atoms with E-state index in [2.05, 4.69) is 5.16 Å². The maximum absolute atomic E-state index is 12.8. The van der Waals surface area contributed by atoms with Crippen molar-refractivity contribution in [1.29, 1.82) is 0 Å². The number of hydrogen-bond acceptors (Lipinski definition) is 6. The van der Waals surface area contributed by atoms with Gasteiger partial charge in [0.05, 0.1) is 12.6 Å². The second-order valence-electron chi connectivity index (χ2n) is 5.50. The van der Waals surface area contributed by atoms with Crippen LogP contribution in [0.2, 0.25) is 0 Å². The quantitative estimate of drug-likeness (QED) is 0.814. The Hall–Kier alpha value is -2.12. The number of rotatable bonds is 6. The Morgan fingerprint density at radius 1 is 1.35 bits per heavy atom. The monoisotopic (exact) mass is 320 g/mol. The van der Waals surface area contributed by atoms with Crippen molar-refractivity contribution in [2.24, 2.45) is 0 Å². The van der Waals surface area contributed by atoms with Crippen molar-refractivity contribution in [2.75, 3.05) is 20.8 Å². The summed E-state index contributed by atoms with van der Waals surface area (Å²) >= 11 is 0. The molecule has 124 valence electrons. The molecule has 0 unspecified atom stereocenters. The van der Waals surface area contributed by atoms with Gasteiger partial charge in [-0.1, -0.05) is 5.16 Å². The number of furan rings is 1. The fourth-order valence-corrected chi connectivity index (χ4v) is 2.93. The lowest BCUT2D eigenvalue weighted by atomic mass is 10.1. The summed E-state index contributed by atoms with van der Waals surface area (Å²) in [4.78, 5) is 14.6. The molecule has 0 spiro atoms. The SMILES string of the molecule is COCc1ccc([C@@H]2CCCN2C(=O)c2conc2COC)o1.